The molecule has 1 aliphatic heterocycles. The normalized spacial score (nSPS) is 18.0. The van der Waals surface area contributed by atoms with E-state index >= 15 is 0 Å². The number of halogens is 2. The molecule has 0 radical (unpaired) electrons. The lowest BCUT2D eigenvalue weighted by atomic mass is 9.93. The summed E-state index contributed by atoms with van der Waals surface area (Å²) in [5, 5.41) is 3.49. The van der Waals surface area contributed by atoms with Crippen LogP contribution in [0.2, 0.25) is 0 Å². The summed E-state index contributed by atoms with van der Waals surface area (Å²) < 4.78 is 1.36. The van der Waals surface area contributed by atoms with Crippen LogP contribution in [0.3, 0.4) is 0 Å². The number of nitrogens with one attached hydrogen (secondary N) is 1. The first kappa shape index (κ1) is 18.5. The minimum atomic E-state index is 0. The average Bonchev–Trinajstić information content (AvgIpc) is 2.91. The van der Waals surface area contributed by atoms with E-state index in [-0.39, 0.29) is 24.0 Å². The van der Waals surface area contributed by atoms with E-state index in [1.165, 1.54) is 14.2 Å². The van der Waals surface area contributed by atoms with E-state index in [0.717, 1.165) is 32.0 Å². The molecule has 1 fully saturated rings. The van der Waals surface area contributed by atoms with Gasteiger partial charge >= 0.3 is 0 Å². The zero-order chi connectivity index (χ0) is 13.9. The van der Waals surface area contributed by atoms with Crippen molar-refractivity contribution in [1.82, 2.24) is 10.2 Å². The van der Waals surface area contributed by atoms with E-state index < -0.39 is 0 Å². The van der Waals surface area contributed by atoms with Gasteiger partial charge in [0.2, 0.25) is 0 Å². The highest BCUT2D eigenvalue weighted by molar-refractivity contribution is 14.1. The van der Waals surface area contributed by atoms with Crippen LogP contribution in [-0.4, -0.2) is 37.5 Å². The van der Waals surface area contributed by atoms with E-state index in [1.807, 2.05) is 18.4 Å². The maximum absolute atomic E-state index is 4.41. The van der Waals surface area contributed by atoms with Crippen LogP contribution in [0.15, 0.2) is 17.1 Å². The monoisotopic (exact) mass is 519 g/mol. The molecule has 0 unspecified atom stereocenters. The molecule has 3 nitrogen and oxygen atoms in total. The van der Waals surface area contributed by atoms with Gasteiger partial charge in [0.15, 0.2) is 5.96 Å². The van der Waals surface area contributed by atoms with E-state index in [1.54, 1.807) is 0 Å². The van der Waals surface area contributed by atoms with E-state index in [9.17, 15) is 0 Å². The summed E-state index contributed by atoms with van der Waals surface area (Å²) in [6.45, 7) is 7.83. The Morgan fingerprint density at radius 3 is 2.75 bits per heavy atom. The van der Waals surface area contributed by atoms with Gasteiger partial charge < -0.3 is 10.2 Å². The predicted molar refractivity (Wildman–Crippen MR) is 107 cm³/mol. The SMILES string of the molecule is CN=C(NCCc1ccc(I)s1)N1CCC(C)(C)C1.I. The molecule has 20 heavy (non-hydrogen) atoms. The number of hydrogen-bond donors (Lipinski definition) is 1. The summed E-state index contributed by atoms with van der Waals surface area (Å²) in [6, 6.07) is 4.40. The summed E-state index contributed by atoms with van der Waals surface area (Å²) >= 11 is 4.25. The lowest BCUT2D eigenvalue weighted by molar-refractivity contribution is 0.370. The number of aliphatic imine (C=N–C) groups is 1. The van der Waals surface area contributed by atoms with Crippen molar-refractivity contribution in [3.8, 4) is 0 Å². The second-order valence-electron chi connectivity index (χ2n) is 5.77. The molecule has 0 amide bonds. The highest BCUT2D eigenvalue weighted by Gasteiger charge is 2.30. The van der Waals surface area contributed by atoms with Crippen molar-refractivity contribution < 1.29 is 0 Å². The largest absolute Gasteiger partial charge is 0.356 e. The molecule has 0 bridgehead atoms. The Morgan fingerprint density at radius 1 is 1.50 bits per heavy atom. The van der Waals surface area contributed by atoms with Crippen LogP contribution in [0.5, 0.6) is 0 Å². The fraction of sp³-hybridized carbons (Fsp3) is 0.643. The van der Waals surface area contributed by atoms with Gasteiger partial charge in [-0.1, -0.05) is 13.8 Å². The Labute approximate surface area is 156 Å². The number of thiophene rings is 1. The van der Waals surface area contributed by atoms with Crippen LogP contribution in [0.4, 0.5) is 0 Å². The molecule has 1 N–H and O–H groups in total. The molecular formula is C14H23I2N3S. The third-order valence-electron chi connectivity index (χ3n) is 3.47. The van der Waals surface area contributed by atoms with Crippen molar-refractivity contribution in [1.29, 1.82) is 0 Å². The molecule has 0 spiro atoms. The summed E-state index contributed by atoms with van der Waals surface area (Å²) in [5.74, 6) is 1.05. The fourth-order valence-corrected chi connectivity index (χ4v) is 4.16. The molecule has 0 aliphatic carbocycles. The first-order valence-corrected chi connectivity index (χ1v) is 8.59. The number of rotatable bonds is 3. The van der Waals surface area contributed by atoms with Crippen molar-refractivity contribution in [3.05, 3.63) is 19.9 Å². The van der Waals surface area contributed by atoms with Gasteiger partial charge in [0, 0.05) is 31.6 Å². The Morgan fingerprint density at radius 2 is 2.25 bits per heavy atom. The van der Waals surface area contributed by atoms with Gasteiger partial charge in [0.25, 0.3) is 0 Å². The second-order valence-corrected chi connectivity index (χ2v) is 8.83. The molecule has 6 heteroatoms. The molecule has 1 aliphatic rings. The summed E-state index contributed by atoms with van der Waals surface area (Å²) in [4.78, 5) is 8.22. The zero-order valence-electron chi connectivity index (χ0n) is 12.3. The molecule has 1 saturated heterocycles. The van der Waals surface area contributed by atoms with Crippen molar-refractivity contribution in [3.63, 3.8) is 0 Å². The fourth-order valence-electron chi connectivity index (χ4n) is 2.41. The highest BCUT2D eigenvalue weighted by Crippen LogP contribution is 2.28. The minimum Gasteiger partial charge on any atom is -0.356 e. The molecule has 0 atom stereocenters. The highest BCUT2D eigenvalue weighted by atomic mass is 127. The van der Waals surface area contributed by atoms with Gasteiger partial charge in [-0.2, -0.15) is 0 Å². The molecule has 1 aromatic rings. The molecule has 2 rings (SSSR count). The average molecular weight is 519 g/mol. The van der Waals surface area contributed by atoms with Crippen LogP contribution in [0, 0.1) is 8.30 Å². The van der Waals surface area contributed by atoms with Gasteiger partial charge in [-0.15, -0.1) is 35.3 Å². The third-order valence-corrected chi connectivity index (χ3v) is 5.43. The first-order chi connectivity index (χ1) is 9.00. The van der Waals surface area contributed by atoms with Crippen LogP contribution < -0.4 is 5.32 Å². The van der Waals surface area contributed by atoms with Crippen LogP contribution >= 0.6 is 57.9 Å². The van der Waals surface area contributed by atoms with Crippen LogP contribution in [-0.2, 0) is 6.42 Å². The smallest absolute Gasteiger partial charge is 0.193 e. The molecule has 1 aromatic heterocycles. The van der Waals surface area contributed by atoms with E-state index in [2.05, 4.69) is 63.8 Å². The minimum absolute atomic E-state index is 0. The van der Waals surface area contributed by atoms with Crippen molar-refractivity contribution >= 4 is 63.9 Å². The maximum atomic E-state index is 4.41. The maximum Gasteiger partial charge on any atom is 0.193 e. The Hall–Kier alpha value is 0.430. The van der Waals surface area contributed by atoms with Gasteiger partial charge in [-0.05, 0) is 53.0 Å². The second kappa shape index (κ2) is 8.17. The molecular weight excluding hydrogens is 496 g/mol. The lowest BCUT2D eigenvalue weighted by Crippen LogP contribution is -2.41. The molecule has 0 saturated carbocycles. The van der Waals surface area contributed by atoms with Gasteiger partial charge in [-0.25, -0.2) is 0 Å². The number of likely N-dealkylation sites (tertiary alicyclic amines) is 1. The van der Waals surface area contributed by atoms with Crippen molar-refractivity contribution in [2.24, 2.45) is 10.4 Å². The van der Waals surface area contributed by atoms with E-state index in [4.69, 9.17) is 0 Å². The Bertz CT molecular complexity index is 457. The van der Waals surface area contributed by atoms with Gasteiger partial charge in [-0.3, -0.25) is 4.99 Å². The van der Waals surface area contributed by atoms with Crippen molar-refractivity contribution in [2.45, 2.75) is 26.7 Å². The standard InChI is InChI=1S/C14H22IN3S.HI/c1-14(2)7-9-18(10-14)13(16-3)17-8-6-11-4-5-12(15)19-11;/h4-5H,6-10H2,1-3H3,(H,16,17);1H. The topological polar surface area (TPSA) is 27.6 Å². The Kier molecular flexibility index (Phi) is 7.54. The third kappa shape index (κ3) is 5.32. The quantitative estimate of drug-likeness (QED) is 0.374. The molecule has 2 heterocycles. The van der Waals surface area contributed by atoms with Crippen LogP contribution in [0.1, 0.15) is 25.1 Å². The van der Waals surface area contributed by atoms with Gasteiger partial charge in [0.05, 0.1) is 2.88 Å². The summed E-state index contributed by atoms with van der Waals surface area (Å²) in [6.07, 6.45) is 2.32. The molecule has 114 valence electrons. The number of guanidine groups is 1. The first-order valence-electron chi connectivity index (χ1n) is 6.70. The van der Waals surface area contributed by atoms with Gasteiger partial charge in [0.1, 0.15) is 0 Å². The molecule has 0 aromatic carbocycles. The van der Waals surface area contributed by atoms with E-state index in [0.29, 0.717) is 5.41 Å². The number of nitrogens with zero attached hydrogens (tertiary/aromatic N) is 2. The summed E-state index contributed by atoms with van der Waals surface area (Å²) in [7, 11) is 1.88. The predicted octanol–water partition coefficient (Wildman–Crippen LogP) is 3.82. The zero-order valence-corrected chi connectivity index (χ0v) is 17.6. The summed E-state index contributed by atoms with van der Waals surface area (Å²) in [5.41, 5.74) is 0.418. The van der Waals surface area contributed by atoms with Crippen molar-refractivity contribution in [2.75, 3.05) is 26.7 Å². The Balaban J connectivity index is 0.00000200. The number of hydrogen-bond acceptors (Lipinski definition) is 2. The van der Waals surface area contributed by atoms with Crippen LogP contribution in [0.25, 0.3) is 0 Å². The lowest BCUT2D eigenvalue weighted by Gasteiger charge is -2.23.